The normalized spacial score (nSPS) is 10.1. The zero-order valence-corrected chi connectivity index (χ0v) is 12.1. The van der Waals surface area contributed by atoms with Crippen molar-refractivity contribution in [3.63, 3.8) is 0 Å². The van der Waals surface area contributed by atoms with Gasteiger partial charge in [-0.25, -0.2) is 4.79 Å². The van der Waals surface area contributed by atoms with Gasteiger partial charge in [0.05, 0.1) is 18.4 Å². The standard InChI is InChI=1S/C15H15NO3S/c1-18-15(17)12-4-3-5-13(14(12)16)19-10-6-8-11(20-2)9-7-10/h3-9H,16H2,1-2H3. The van der Waals surface area contributed by atoms with Crippen LogP contribution in [0.25, 0.3) is 0 Å². The number of esters is 1. The van der Waals surface area contributed by atoms with Gasteiger partial charge in [0, 0.05) is 4.90 Å². The van der Waals surface area contributed by atoms with Crippen LogP contribution in [0.3, 0.4) is 0 Å². The third-order valence-corrected chi connectivity index (χ3v) is 3.50. The van der Waals surface area contributed by atoms with Gasteiger partial charge in [-0.05, 0) is 42.7 Å². The van der Waals surface area contributed by atoms with Crippen LogP contribution in [0.5, 0.6) is 11.5 Å². The number of rotatable bonds is 4. The largest absolute Gasteiger partial charge is 0.465 e. The molecule has 2 rings (SSSR count). The van der Waals surface area contributed by atoms with Crippen LogP contribution in [0.15, 0.2) is 47.4 Å². The molecule has 0 heterocycles. The number of nitrogen functional groups attached to an aromatic ring is 1. The Hall–Kier alpha value is -2.14. The lowest BCUT2D eigenvalue weighted by Gasteiger charge is -2.11. The van der Waals surface area contributed by atoms with Crippen LogP contribution in [0.4, 0.5) is 5.69 Å². The van der Waals surface area contributed by atoms with E-state index in [1.807, 2.05) is 30.5 Å². The van der Waals surface area contributed by atoms with Crippen molar-refractivity contribution in [3.05, 3.63) is 48.0 Å². The highest BCUT2D eigenvalue weighted by Crippen LogP contribution is 2.31. The van der Waals surface area contributed by atoms with Gasteiger partial charge in [0.2, 0.25) is 0 Å². The molecular weight excluding hydrogens is 274 g/mol. The topological polar surface area (TPSA) is 61.5 Å². The molecule has 5 heteroatoms. The van der Waals surface area contributed by atoms with Gasteiger partial charge < -0.3 is 15.2 Å². The van der Waals surface area contributed by atoms with Crippen LogP contribution in [-0.2, 0) is 4.74 Å². The average Bonchev–Trinajstić information content (AvgIpc) is 2.49. The van der Waals surface area contributed by atoms with Crippen molar-refractivity contribution in [3.8, 4) is 11.5 Å². The van der Waals surface area contributed by atoms with Gasteiger partial charge in [-0.2, -0.15) is 0 Å². The van der Waals surface area contributed by atoms with Crippen molar-refractivity contribution < 1.29 is 14.3 Å². The van der Waals surface area contributed by atoms with Crippen molar-refractivity contribution in [2.75, 3.05) is 19.1 Å². The molecule has 0 aromatic heterocycles. The molecule has 0 aliphatic heterocycles. The van der Waals surface area contributed by atoms with E-state index >= 15 is 0 Å². The van der Waals surface area contributed by atoms with E-state index in [1.54, 1.807) is 30.0 Å². The number of ether oxygens (including phenoxy) is 2. The Morgan fingerprint density at radius 2 is 1.85 bits per heavy atom. The van der Waals surface area contributed by atoms with E-state index in [1.165, 1.54) is 7.11 Å². The summed E-state index contributed by atoms with van der Waals surface area (Å²) < 4.78 is 10.4. The summed E-state index contributed by atoms with van der Waals surface area (Å²) in [5, 5.41) is 0. The quantitative estimate of drug-likeness (QED) is 0.529. The second-order valence-electron chi connectivity index (χ2n) is 3.99. The number of hydrogen-bond donors (Lipinski definition) is 1. The van der Waals surface area contributed by atoms with Gasteiger partial charge in [-0.1, -0.05) is 6.07 Å². The fraction of sp³-hybridized carbons (Fsp3) is 0.133. The molecule has 0 atom stereocenters. The lowest BCUT2D eigenvalue weighted by molar-refractivity contribution is 0.0601. The molecule has 0 radical (unpaired) electrons. The first-order valence-corrected chi connectivity index (χ1v) is 7.17. The Labute approximate surface area is 121 Å². The van der Waals surface area contributed by atoms with Gasteiger partial charge in [0.15, 0.2) is 5.75 Å². The first kappa shape index (κ1) is 14.3. The third kappa shape index (κ3) is 3.05. The summed E-state index contributed by atoms with van der Waals surface area (Å²) in [5.41, 5.74) is 6.50. The van der Waals surface area contributed by atoms with E-state index in [0.717, 1.165) is 4.90 Å². The molecule has 0 aliphatic carbocycles. The van der Waals surface area contributed by atoms with E-state index < -0.39 is 5.97 Å². The maximum absolute atomic E-state index is 11.6. The summed E-state index contributed by atoms with van der Waals surface area (Å²) in [4.78, 5) is 12.7. The molecule has 4 nitrogen and oxygen atoms in total. The minimum atomic E-state index is -0.481. The van der Waals surface area contributed by atoms with E-state index in [-0.39, 0.29) is 5.69 Å². The number of benzene rings is 2. The Kier molecular flexibility index (Phi) is 4.53. The Balaban J connectivity index is 2.26. The highest BCUT2D eigenvalue weighted by Gasteiger charge is 2.13. The second kappa shape index (κ2) is 6.34. The summed E-state index contributed by atoms with van der Waals surface area (Å²) in [5.74, 6) is 0.618. The second-order valence-corrected chi connectivity index (χ2v) is 4.87. The summed E-state index contributed by atoms with van der Waals surface area (Å²) in [6.07, 6.45) is 2.01. The van der Waals surface area contributed by atoms with Crippen molar-refractivity contribution in [2.24, 2.45) is 0 Å². The van der Waals surface area contributed by atoms with E-state index in [2.05, 4.69) is 4.74 Å². The maximum atomic E-state index is 11.6. The summed E-state index contributed by atoms with van der Waals surface area (Å²) in [7, 11) is 1.32. The monoisotopic (exact) mass is 289 g/mol. The number of thioether (sulfide) groups is 1. The third-order valence-electron chi connectivity index (χ3n) is 2.76. The smallest absolute Gasteiger partial charge is 0.340 e. The predicted molar refractivity (Wildman–Crippen MR) is 80.5 cm³/mol. The molecule has 104 valence electrons. The van der Waals surface area contributed by atoms with E-state index in [0.29, 0.717) is 17.1 Å². The minimum Gasteiger partial charge on any atom is -0.465 e. The number of nitrogens with two attached hydrogens (primary N) is 1. The van der Waals surface area contributed by atoms with Crippen molar-refractivity contribution >= 4 is 23.4 Å². The molecule has 0 saturated carbocycles. The number of para-hydroxylation sites is 1. The van der Waals surface area contributed by atoms with Crippen molar-refractivity contribution in [1.82, 2.24) is 0 Å². The van der Waals surface area contributed by atoms with Crippen LogP contribution >= 0.6 is 11.8 Å². The number of carbonyl (C=O) groups excluding carboxylic acids is 1. The molecule has 0 aliphatic rings. The molecule has 0 saturated heterocycles. The molecule has 0 bridgehead atoms. The molecule has 0 fully saturated rings. The van der Waals surface area contributed by atoms with Crippen LogP contribution in [0.1, 0.15) is 10.4 Å². The van der Waals surface area contributed by atoms with Crippen LogP contribution in [0.2, 0.25) is 0 Å². The predicted octanol–water partition coefficient (Wildman–Crippen LogP) is 3.57. The Morgan fingerprint density at radius 1 is 1.15 bits per heavy atom. The number of carbonyl (C=O) groups is 1. The number of anilines is 1. The van der Waals surface area contributed by atoms with Crippen molar-refractivity contribution in [1.29, 1.82) is 0 Å². The van der Waals surface area contributed by atoms with Crippen LogP contribution in [-0.4, -0.2) is 19.3 Å². The molecule has 0 unspecified atom stereocenters. The van der Waals surface area contributed by atoms with Gasteiger partial charge >= 0.3 is 5.97 Å². The zero-order chi connectivity index (χ0) is 14.5. The van der Waals surface area contributed by atoms with Gasteiger partial charge in [0.1, 0.15) is 5.75 Å². The van der Waals surface area contributed by atoms with Gasteiger partial charge in [-0.15, -0.1) is 11.8 Å². The summed E-state index contributed by atoms with van der Waals surface area (Å²) in [6, 6.07) is 12.6. The summed E-state index contributed by atoms with van der Waals surface area (Å²) >= 11 is 1.65. The molecule has 20 heavy (non-hydrogen) atoms. The Bertz CT molecular complexity index is 611. The Morgan fingerprint density at radius 3 is 2.45 bits per heavy atom. The lowest BCUT2D eigenvalue weighted by Crippen LogP contribution is -2.06. The highest BCUT2D eigenvalue weighted by molar-refractivity contribution is 7.98. The molecule has 2 N–H and O–H groups in total. The minimum absolute atomic E-state index is 0.272. The fourth-order valence-corrected chi connectivity index (χ4v) is 2.10. The van der Waals surface area contributed by atoms with Gasteiger partial charge in [-0.3, -0.25) is 0 Å². The highest BCUT2D eigenvalue weighted by atomic mass is 32.2. The number of methoxy groups -OCH3 is 1. The SMILES string of the molecule is COC(=O)c1cccc(Oc2ccc(SC)cc2)c1N. The van der Waals surface area contributed by atoms with Gasteiger partial charge in [0.25, 0.3) is 0 Å². The number of hydrogen-bond acceptors (Lipinski definition) is 5. The molecule has 0 spiro atoms. The molecule has 0 amide bonds. The maximum Gasteiger partial charge on any atom is 0.340 e. The van der Waals surface area contributed by atoms with Crippen molar-refractivity contribution in [2.45, 2.75) is 4.90 Å². The average molecular weight is 289 g/mol. The van der Waals surface area contributed by atoms with E-state index in [9.17, 15) is 4.79 Å². The lowest BCUT2D eigenvalue weighted by atomic mass is 10.1. The van der Waals surface area contributed by atoms with Crippen LogP contribution in [0, 0.1) is 0 Å². The molecular formula is C15H15NO3S. The first-order valence-electron chi connectivity index (χ1n) is 5.94. The summed E-state index contributed by atoms with van der Waals surface area (Å²) in [6.45, 7) is 0. The first-order chi connectivity index (χ1) is 9.65. The molecule has 2 aromatic carbocycles. The fourth-order valence-electron chi connectivity index (χ4n) is 1.69. The zero-order valence-electron chi connectivity index (χ0n) is 11.3. The van der Waals surface area contributed by atoms with E-state index in [4.69, 9.17) is 10.5 Å². The molecule has 2 aromatic rings. The van der Waals surface area contributed by atoms with Crippen LogP contribution < -0.4 is 10.5 Å².